The zero-order valence-corrected chi connectivity index (χ0v) is 13.2. The molecule has 0 radical (unpaired) electrons. The van der Waals surface area contributed by atoms with Crippen LogP contribution in [-0.4, -0.2) is 43.5 Å². The number of amidine groups is 1. The van der Waals surface area contributed by atoms with E-state index >= 15 is 0 Å². The van der Waals surface area contributed by atoms with Gasteiger partial charge in [0.2, 0.25) is 0 Å². The molecule has 0 saturated carbocycles. The third-order valence-electron chi connectivity index (χ3n) is 4.24. The third-order valence-corrected chi connectivity index (χ3v) is 4.24. The van der Waals surface area contributed by atoms with Crippen LogP contribution in [0.2, 0.25) is 0 Å². The third kappa shape index (κ3) is 4.90. The minimum atomic E-state index is -0.943. The fourth-order valence-electron chi connectivity index (χ4n) is 2.84. The summed E-state index contributed by atoms with van der Waals surface area (Å²) in [6.45, 7) is 2.64. The standard InChI is InChI=1S/C15H22BF2N3O2/c16-21-5-3-10(4-6-21)2-1-7-23-11-8-12(17)14(13(18)9-11)15(19)20-22/h8-10,22H,1-7,16H2,(H2,19,20). The first-order valence-electron chi connectivity index (χ1n) is 7.80. The van der Waals surface area contributed by atoms with Crippen LogP contribution in [0.25, 0.3) is 0 Å². The van der Waals surface area contributed by atoms with Crippen LogP contribution < -0.4 is 10.2 Å². The Hall–Kier alpha value is -1.67. The number of hydroxylamine groups is 1. The molecule has 8 heteroatoms. The summed E-state index contributed by atoms with van der Waals surface area (Å²) < 4.78 is 32.9. The average molecular weight is 325 g/mol. The molecule has 1 heterocycles. The van der Waals surface area contributed by atoms with Crippen LogP contribution in [0.15, 0.2) is 12.1 Å². The van der Waals surface area contributed by atoms with Crippen molar-refractivity contribution in [3.63, 3.8) is 0 Å². The maximum Gasteiger partial charge on any atom is 0.185 e. The Bertz CT molecular complexity index is 529. The summed E-state index contributed by atoms with van der Waals surface area (Å²) in [7, 11) is 2.12. The molecule has 2 rings (SSSR count). The summed E-state index contributed by atoms with van der Waals surface area (Å²) in [6, 6.07) is 2.06. The fourth-order valence-corrected chi connectivity index (χ4v) is 2.84. The van der Waals surface area contributed by atoms with Crippen LogP contribution in [-0.2, 0) is 0 Å². The number of hydrogen-bond acceptors (Lipinski definition) is 4. The first kappa shape index (κ1) is 17.7. The van der Waals surface area contributed by atoms with Gasteiger partial charge in [0.1, 0.15) is 17.4 Å². The molecule has 5 nitrogen and oxygen atoms in total. The molecule has 0 spiro atoms. The van der Waals surface area contributed by atoms with Crippen molar-refractivity contribution in [1.82, 2.24) is 10.3 Å². The molecule has 0 atom stereocenters. The molecule has 0 aromatic heterocycles. The zero-order valence-electron chi connectivity index (χ0n) is 13.2. The Morgan fingerprint density at radius 3 is 2.52 bits per heavy atom. The summed E-state index contributed by atoms with van der Waals surface area (Å²) in [4.78, 5) is 2.32. The van der Waals surface area contributed by atoms with Crippen molar-refractivity contribution in [2.75, 3.05) is 19.7 Å². The summed E-state index contributed by atoms with van der Waals surface area (Å²) in [5.41, 5.74) is 0.828. The van der Waals surface area contributed by atoms with Crippen LogP contribution in [0.4, 0.5) is 8.78 Å². The first-order chi connectivity index (χ1) is 11.0. The van der Waals surface area contributed by atoms with E-state index in [0.29, 0.717) is 12.5 Å². The Kier molecular flexibility index (Phi) is 6.35. The molecule has 0 unspecified atom stereocenters. The van der Waals surface area contributed by atoms with Crippen molar-refractivity contribution in [1.29, 1.82) is 5.41 Å². The van der Waals surface area contributed by atoms with Crippen molar-refractivity contribution in [2.24, 2.45) is 5.92 Å². The Labute approximate surface area is 135 Å². The molecule has 3 N–H and O–H groups in total. The molecule has 1 aromatic rings. The Morgan fingerprint density at radius 1 is 1.35 bits per heavy atom. The molecule has 1 aromatic carbocycles. The maximum atomic E-state index is 13.8. The van der Waals surface area contributed by atoms with Crippen LogP contribution in [0.5, 0.6) is 5.75 Å². The second-order valence-corrected chi connectivity index (χ2v) is 5.99. The predicted molar refractivity (Wildman–Crippen MR) is 85.7 cm³/mol. The van der Waals surface area contributed by atoms with E-state index in [1.54, 1.807) is 0 Å². The number of piperidine rings is 1. The van der Waals surface area contributed by atoms with Crippen LogP contribution in [0.1, 0.15) is 31.2 Å². The van der Waals surface area contributed by atoms with Crippen molar-refractivity contribution >= 4 is 13.8 Å². The van der Waals surface area contributed by atoms with Gasteiger partial charge in [-0.25, -0.2) is 8.78 Å². The largest absolute Gasteiger partial charge is 0.493 e. The highest BCUT2D eigenvalue weighted by Crippen LogP contribution is 2.23. The van der Waals surface area contributed by atoms with Gasteiger partial charge in [-0.3, -0.25) is 16.1 Å². The van der Waals surface area contributed by atoms with Gasteiger partial charge >= 0.3 is 0 Å². The SMILES string of the molecule is BN1CCC(CCCOc2cc(F)c(C(=N)NO)c(F)c2)CC1. The highest BCUT2D eigenvalue weighted by Gasteiger charge is 2.17. The normalized spacial score (nSPS) is 16.3. The summed E-state index contributed by atoms with van der Waals surface area (Å²) in [5.74, 6) is -1.82. The van der Waals surface area contributed by atoms with Gasteiger partial charge in [0.25, 0.3) is 0 Å². The lowest BCUT2D eigenvalue weighted by Crippen LogP contribution is -2.31. The van der Waals surface area contributed by atoms with E-state index in [1.165, 1.54) is 18.3 Å². The minimum absolute atomic E-state index is 0.0952. The van der Waals surface area contributed by atoms with Gasteiger partial charge in [0, 0.05) is 12.1 Å². The smallest absolute Gasteiger partial charge is 0.185 e. The highest BCUT2D eigenvalue weighted by molar-refractivity contribution is 6.04. The molecule has 1 aliphatic heterocycles. The van der Waals surface area contributed by atoms with E-state index < -0.39 is 23.0 Å². The van der Waals surface area contributed by atoms with Gasteiger partial charge in [0.15, 0.2) is 13.8 Å². The topological polar surface area (TPSA) is 68.6 Å². The maximum absolute atomic E-state index is 13.8. The predicted octanol–water partition coefficient (Wildman–Crippen LogP) is 1.69. The quantitative estimate of drug-likeness (QED) is 0.245. The van der Waals surface area contributed by atoms with E-state index in [-0.39, 0.29) is 5.75 Å². The van der Waals surface area contributed by atoms with Crippen molar-refractivity contribution in [2.45, 2.75) is 25.7 Å². The van der Waals surface area contributed by atoms with Crippen molar-refractivity contribution in [3.05, 3.63) is 29.3 Å². The number of halogens is 2. The second kappa shape index (κ2) is 8.26. The highest BCUT2D eigenvalue weighted by atomic mass is 19.1. The summed E-state index contributed by atoms with van der Waals surface area (Å²) >= 11 is 0. The average Bonchev–Trinajstić information content (AvgIpc) is 2.52. The van der Waals surface area contributed by atoms with Gasteiger partial charge in [-0.05, 0) is 44.7 Å². The molecule has 0 amide bonds. The molecule has 126 valence electrons. The zero-order chi connectivity index (χ0) is 16.8. The second-order valence-electron chi connectivity index (χ2n) is 5.99. The minimum Gasteiger partial charge on any atom is -0.493 e. The van der Waals surface area contributed by atoms with E-state index in [9.17, 15) is 8.78 Å². The van der Waals surface area contributed by atoms with Crippen LogP contribution >= 0.6 is 0 Å². The van der Waals surface area contributed by atoms with E-state index in [2.05, 4.69) is 12.8 Å². The molecular formula is C15H22BF2N3O2. The molecule has 0 bridgehead atoms. The molecule has 1 saturated heterocycles. The number of ether oxygens (including phenoxy) is 1. The summed E-state index contributed by atoms with van der Waals surface area (Å²) in [5, 5.41) is 15.8. The lowest BCUT2D eigenvalue weighted by Gasteiger charge is -2.29. The van der Waals surface area contributed by atoms with Crippen LogP contribution in [0, 0.1) is 23.0 Å². The Morgan fingerprint density at radius 2 is 1.96 bits per heavy atom. The lowest BCUT2D eigenvalue weighted by atomic mass is 9.91. The molecule has 23 heavy (non-hydrogen) atoms. The molecule has 1 aliphatic rings. The molecular weight excluding hydrogens is 303 g/mol. The fraction of sp³-hybridized carbons (Fsp3) is 0.533. The van der Waals surface area contributed by atoms with E-state index in [1.807, 2.05) is 0 Å². The van der Waals surface area contributed by atoms with Gasteiger partial charge < -0.3 is 9.55 Å². The molecule has 1 fully saturated rings. The number of benzene rings is 1. The van der Waals surface area contributed by atoms with E-state index in [0.717, 1.165) is 38.1 Å². The number of hydrogen-bond donors (Lipinski definition) is 3. The van der Waals surface area contributed by atoms with Gasteiger partial charge in [-0.2, -0.15) is 0 Å². The van der Waals surface area contributed by atoms with Gasteiger partial charge in [-0.1, -0.05) is 0 Å². The number of nitrogens with zero attached hydrogens (tertiary/aromatic N) is 1. The van der Waals surface area contributed by atoms with Crippen LogP contribution in [0.3, 0.4) is 0 Å². The van der Waals surface area contributed by atoms with Gasteiger partial charge in [0.05, 0.1) is 12.2 Å². The monoisotopic (exact) mass is 325 g/mol. The first-order valence-corrected chi connectivity index (χ1v) is 7.80. The van der Waals surface area contributed by atoms with Gasteiger partial charge in [-0.15, -0.1) is 0 Å². The summed E-state index contributed by atoms with van der Waals surface area (Å²) in [6.07, 6.45) is 4.26. The van der Waals surface area contributed by atoms with Crippen molar-refractivity contribution in [3.8, 4) is 5.75 Å². The van der Waals surface area contributed by atoms with Crippen molar-refractivity contribution < 1.29 is 18.7 Å². The number of rotatable bonds is 6. The van der Waals surface area contributed by atoms with E-state index in [4.69, 9.17) is 15.4 Å². The molecule has 0 aliphatic carbocycles. The lowest BCUT2D eigenvalue weighted by molar-refractivity contribution is 0.233. The number of nitrogens with one attached hydrogen (secondary N) is 2. The Balaban J connectivity index is 1.81.